The zero-order valence-corrected chi connectivity index (χ0v) is 11.4. The van der Waals surface area contributed by atoms with Crippen LogP contribution in [0.2, 0.25) is 0 Å². The lowest BCUT2D eigenvalue weighted by Gasteiger charge is -2.08. The highest BCUT2D eigenvalue weighted by molar-refractivity contribution is 7.89. The number of nitrogens with two attached hydrogens (primary N) is 1. The molecule has 0 aromatic heterocycles. The molecular formula is C12H20N2O3S. The van der Waals surface area contributed by atoms with Crippen LogP contribution in [0.1, 0.15) is 19.8 Å². The molecule has 18 heavy (non-hydrogen) atoms. The van der Waals surface area contributed by atoms with Crippen molar-refractivity contribution in [1.29, 1.82) is 0 Å². The van der Waals surface area contributed by atoms with Gasteiger partial charge in [-0.3, -0.25) is 0 Å². The van der Waals surface area contributed by atoms with Crippen LogP contribution in [0.5, 0.6) is 5.75 Å². The lowest BCUT2D eigenvalue weighted by atomic mass is 10.3. The molecule has 0 aliphatic rings. The van der Waals surface area contributed by atoms with E-state index in [-0.39, 0.29) is 12.4 Å². The van der Waals surface area contributed by atoms with Crippen molar-refractivity contribution in [2.75, 3.05) is 24.6 Å². The van der Waals surface area contributed by atoms with Crippen LogP contribution in [0.4, 0.5) is 5.69 Å². The molecule has 0 fully saturated rings. The van der Waals surface area contributed by atoms with Crippen molar-refractivity contribution in [2.45, 2.75) is 19.8 Å². The molecule has 0 aliphatic heterocycles. The number of anilines is 1. The van der Waals surface area contributed by atoms with Crippen molar-refractivity contribution in [1.82, 2.24) is 4.72 Å². The maximum atomic E-state index is 11.5. The van der Waals surface area contributed by atoms with Crippen LogP contribution in [0.3, 0.4) is 0 Å². The van der Waals surface area contributed by atoms with E-state index in [0.717, 1.165) is 12.8 Å². The number of ether oxygens (including phenoxy) is 1. The van der Waals surface area contributed by atoms with E-state index in [4.69, 9.17) is 10.5 Å². The minimum absolute atomic E-state index is 0.0406. The van der Waals surface area contributed by atoms with Crippen molar-refractivity contribution in [3.63, 3.8) is 0 Å². The highest BCUT2D eigenvalue weighted by atomic mass is 32.2. The third-order valence-corrected chi connectivity index (χ3v) is 3.70. The van der Waals surface area contributed by atoms with Gasteiger partial charge < -0.3 is 10.5 Å². The lowest BCUT2D eigenvalue weighted by Crippen LogP contribution is -2.29. The zero-order chi connectivity index (χ0) is 13.4. The van der Waals surface area contributed by atoms with Crippen molar-refractivity contribution in [2.24, 2.45) is 0 Å². The molecule has 1 rings (SSSR count). The summed E-state index contributed by atoms with van der Waals surface area (Å²) in [5.41, 5.74) is 6.18. The third kappa shape index (κ3) is 5.88. The Morgan fingerprint density at radius 3 is 2.56 bits per heavy atom. The first kappa shape index (κ1) is 14.8. The molecule has 0 radical (unpaired) electrons. The van der Waals surface area contributed by atoms with Crippen molar-refractivity contribution >= 4 is 15.7 Å². The molecule has 0 saturated heterocycles. The maximum absolute atomic E-state index is 11.5. The first-order chi connectivity index (χ1) is 8.53. The van der Waals surface area contributed by atoms with Gasteiger partial charge in [0.05, 0.1) is 5.75 Å². The van der Waals surface area contributed by atoms with Gasteiger partial charge in [-0.2, -0.15) is 0 Å². The summed E-state index contributed by atoms with van der Waals surface area (Å²) >= 11 is 0. The van der Waals surface area contributed by atoms with E-state index in [1.54, 1.807) is 24.3 Å². The Hall–Kier alpha value is -1.27. The highest BCUT2D eigenvalue weighted by Crippen LogP contribution is 2.12. The van der Waals surface area contributed by atoms with Gasteiger partial charge in [0.25, 0.3) is 0 Å². The average Bonchev–Trinajstić information content (AvgIpc) is 2.32. The molecule has 6 heteroatoms. The van der Waals surface area contributed by atoms with E-state index >= 15 is 0 Å². The van der Waals surface area contributed by atoms with Crippen LogP contribution in [0, 0.1) is 0 Å². The molecule has 0 saturated carbocycles. The van der Waals surface area contributed by atoms with Crippen LogP contribution < -0.4 is 15.2 Å². The summed E-state index contributed by atoms with van der Waals surface area (Å²) < 4.78 is 30.9. The van der Waals surface area contributed by atoms with Crippen LogP contribution in [0.25, 0.3) is 0 Å². The smallest absolute Gasteiger partial charge is 0.214 e. The highest BCUT2D eigenvalue weighted by Gasteiger charge is 2.09. The largest absolute Gasteiger partial charge is 0.492 e. The molecule has 0 heterocycles. The van der Waals surface area contributed by atoms with Gasteiger partial charge >= 0.3 is 0 Å². The molecule has 102 valence electrons. The summed E-state index contributed by atoms with van der Waals surface area (Å²) in [5.74, 6) is 0.578. The van der Waals surface area contributed by atoms with Gasteiger partial charge in [-0.25, -0.2) is 13.1 Å². The topological polar surface area (TPSA) is 81.4 Å². The first-order valence-electron chi connectivity index (χ1n) is 5.99. The average molecular weight is 272 g/mol. The zero-order valence-electron chi connectivity index (χ0n) is 10.6. The first-order valence-corrected chi connectivity index (χ1v) is 7.64. The fourth-order valence-electron chi connectivity index (χ4n) is 1.31. The summed E-state index contributed by atoms with van der Waals surface area (Å²) in [5, 5.41) is 0. The van der Waals surface area contributed by atoms with E-state index in [2.05, 4.69) is 4.72 Å². The molecule has 5 nitrogen and oxygen atoms in total. The second kappa shape index (κ2) is 7.23. The molecule has 0 spiro atoms. The number of nitrogen functional groups attached to an aromatic ring is 1. The Morgan fingerprint density at radius 1 is 1.28 bits per heavy atom. The normalized spacial score (nSPS) is 11.4. The second-order valence-electron chi connectivity index (χ2n) is 3.98. The molecule has 0 atom stereocenters. The summed E-state index contributed by atoms with van der Waals surface area (Å²) in [6.07, 6.45) is 1.81. The molecule has 1 aromatic carbocycles. The van der Waals surface area contributed by atoms with E-state index in [1.165, 1.54) is 0 Å². The Morgan fingerprint density at radius 2 is 1.94 bits per heavy atom. The standard InChI is InChI=1S/C12H20N2O3S/c1-2-3-8-14-18(15,16)10-9-17-12-6-4-11(13)5-7-12/h4-7,14H,2-3,8-10,13H2,1H3. The SMILES string of the molecule is CCCCNS(=O)(=O)CCOc1ccc(N)cc1. The minimum Gasteiger partial charge on any atom is -0.492 e. The van der Waals surface area contributed by atoms with Gasteiger partial charge in [-0.15, -0.1) is 0 Å². The van der Waals surface area contributed by atoms with Gasteiger partial charge in [0.15, 0.2) is 0 Å². The Bertz CT molecular complexity index is 443. The van der Waals surface area contributed by atoms with Crippen molar-refractivity contribution in [3.05, 3.63) is 24.3 Å². The Kier molecular flexibility index (Phi) is 5.94. The van der Waals surface area contributed by atoms with Gasteiger partial charge in [-0.05, 0) is 30.7 Å². The van der Waals surface area contributed by atoms with Gasteiger partial charge in [-0.1, -0.05) is 13.3 Å². The third-order valence-electron chi connectivity index (χ3n) is 2.35. The van der Waals surface area contributed by atoms with Crippen LogP contribution in [-0.2, 0) is 10.0 Å². The van der Waals surface area contributed by atoms with Gasteiger partial charge in [0.1, 0.15) is 12.4 Å². The molecule has 3 N–H and O–H groups in total. The number of hydrogen-bond acceptors (Lipinski definition) is 4. The van der Waals surface area contributed by atoms with E-state index < -0.39 is 10.0 Å². The van der Waals surface area contributed by atoms with Crippen LogP contribution in [0.15, 0.2) is 24.3 Å². The number of hydrogen-bond donors (Lipinski definition) is 2. The van der Waals surface area contributed by atoms with E-state index in [1.807, 2.05) is 6.92 Å². The minimum atomic E-state index is -3.23. The summed E-state index contributed by atoms with van der Waals surface area (Å²) in [6, 6.07) is 6.85. The molecule has 0 amide bonds. The molecule has 1 aromatic rings. The monoisotopic (exact) mass is 272 g/mol. The molecule has 0 aliphatic carbocycles. The number of benzene rings is 1. The van der Waals surface area contributed by atoms with Crippen LogP contribution >= 0.6 is 0 Å². The fraction of sp³-hybridized carbons (Fsp3) is 0.500. The molecule has 0 bridgehead atoms. The summed E-state index contributed by atoms with van der Waals surface area (Å²) in [7, 11) is -3.23. The Labute approximate surface area is 108 Å². The summed E-state index contributed by atoms with van der Waals surface area (Å²) in [4.78, 5) is 0. The predicted octanol–water partition coefficient (Wildman–Crippen LogP) is 1.37. The van der Waals surface area contributed by atoms with E-state index in [0.29, 0.717) is 18.0 Å². The number of sulfonamides is 1. The summed E-state index contributed by atoms with van der Waals surface area (Å²) in [6.45, 7) is 2.63. The van der Waals surface area contributed by atoms with Gasteiger partial charge in [0, 0.05) is 12.2 Å². The fourth-order valence-corrected chi connectivity index (χ4v) is 2.21. The van der Waals surface area contributed by atoms with E-state index in [9.17, 15) is 8.42 Å². The second-order valence-corrected chi connectivity index (χ2v) is 5.91. The molecule has 0 unspecified atom stereocenters. The quantitative estimate of drug-likeness (QED) is 0.553. The number of nitrogens with one attached hydrogen (secondary N) is 1. The lowest BCUT2D eigenvalue weighted by molar-refractivity contribution is 0.340. The van der Waals surface area contributed by atoms with Crippen LogP contribution in [-0.4, -0.2) is 27.3 Å². The maximum Gasteiger partial charge on any atom is 0.214 e. The van der Waals surface area contributed by atoms with Crippen molar-refractivity contribution < 1.29 is 13.2 Å². The Balaban J connectivity index is 2.30. The van der Waals surface area contributed by atoms with Crippen molar-refractivity contribution in [3.8, 4) is 5.75 Å². The molecular weight excluding hydrogens is 252 g/mol. The number of rotatable bonds is 8. The predicted molar refractivity (Wildman–Crippen MR) is 73.0 cm³/mol. The van der Waals surface area contributed by atoms with Gasteiger partial charge in [0.2, 0.25) is 10.0 Å². The number of unbranched alkanes of at least 4 members (excludes halogenated alkanes) is 1.